The van der Waals surface area contributed by atoms with E-state index in [9.17, 15) is 4.79 Å². The number of nitrogens with one attached hydrogen (secondary N) is 1. The predicted molar refractivity (Wildman–Crippen MR) is 108 cm³/mol. The summed E-state index contributed by atoms with van der Waals surface area (Å²) in [6.45, 7) is 0. The van der Waals surface area contributed by atoms with Gasteiger partial charge in [0.15, 0.2) is 5.76 Å². The maximum Gasteiger partial charge on any atom is 0.292 e. The van der Waals surface area contributed by atoms with Gasteiger partial charge in [-0.15, -0.1) is 0 Å². The molecule has 0 radical (unpaired) electrons. The number of hydrogen-bond donors (Lipinski definition) is 1. The van der Waals surface area contributed by atoms with Crippen LogP contribution >= 0.6 is 23.4 Å². The molecule has 2 aromatic heterocycles. The zero-order valence-electron chi connectivity index (χ0n) is 14.1. The van der Waals surface area contributed by atoms with E-state index in [2.05, 4.69) is 10.4 Å². The van der Waals surface area contributed by atoms with Crippen molar-refractivity contribution in [2.45, 2.75) is 11.5 Å². The van der Waals surface area contributed by atoms with Gasteiger partial charge in [-0.25, -0.2) is 4.68 Å². The first kappa shape index (κ1) is 16.5. The minimum atomic E-state index is -0.297. The van der Waals surface area contributed by atoms with Crippen molar-refractivity contribution < 1.29 is 9.21 Å². The number of thioether (sulfide) groups is 1. The average Bonchev–Trinajstić information content (AvgIpc) is 3.36. The number of fused-ring (bicyclic) bond motifs is 2. The fourth-order valence-electron chi connectivity index (χ4n) is 3.20. The molecule has 4 aromatic rings. The van der Waals surface area contributed by atoms with E-state index in [1.165, 1.54) is 0 Å². The summed E-state index contributed by atoms with van der Waals surface area (Å²) in [7, 11) is 0. The molecule has 1 aliphatic heterocycles. The number of benzene rings is 2. The number of carbonyl (C=O) groups is 1. The molecule has 1 aliphatic rings. The highest BCUT2D eigenvalue weighted by Gasteiger charge is 2.26. The highest BCUT2D eigenvalue weighted by molar-refractivity contribution is 7.98. The molecule has 0 spiro atoms. The van der Waals surface area contributed by atoms with Crippen LogP contribution in [-0.2, 0) is 11.5 Å². The van der Waals surface area contributed by atoms with Gasteiger partial charge in [-0.1, -0.05) is 35.9 Å². The number of para-hydroxylation sites is 1. The van der Waals surface area contributed by atoms with E-state index in [-0.39, 0.29) is 11.7 Å². The van der Waals surface area contributed by atoms with Gasteiger partial charge < -0.3 is 9.73 Å². The van der Waals surface area contributed by atoms with Crippen LogP contribution < -0.4 is 5.32 Å². The van der Waals surface area contributed by atoms with E-state index < -0.39 is 0 Å². The zero-order valence-corrected chi connectivity index (χ0v) is 15.7. The Labute approximate surface area is 164 Å². The van der Waals surface area contributed by atoms with Crippen molar-refractivity contribution in [1.29, 1.82) is 0 Å². The highest BCUT2D eigenvalue weighted by atomic mass is 35.5. The summed E-state index contributed by atoms with van der Waals surface area (Å²) in [5.41, 5.74) is 3.53. The minimum absolute atomic E-state index is 0.273. The molecule has 1 N–H and O–H groups in total. The molecule has 0 fully saturated rings. The molecule has 1 amide bonds. The Morgan fingerprint density at radius 1 is 1.15 bits per heavy atom. The lowest BCUT2D eigenvalue weighted by Crippen LogP contribution is -2.15. The number of amides is 1. The standard InChI is InChI=1S/C20H14ClN3O2S/c21-13-5-3-6-14(9-13)24-19(15-10-27-11-16(15)23-24)22-20(25)18-8-12-4-1-2-7-17(12)26-18/h1-9H,10-11H2,(H,22,25). The number of aromatic nitrogens is 2. The molecule has 7 heteroatoms. The normalized spacial score (nSPS) is 13.1. The van der Waals surface area contributed by atoms with Crippen LogP contribution in [0.25, 0.3) is 16.7 Å². The van der Waals surface area contributed by atoms with Crippen molar-refractivity contribution in [2.75, 3.05) is 5.32 Å². The summed E-state index contributed by atoms with van der Waals surface area (Å²) in [6.07, 6.45) is 0. The van der Waals surface area contributed by atoms with Gasteiger partial charge in [0.05, 0.1) is 11.4 Å². The number of rotatable bonds is 3. The van der Waals surface area contributed by atoms with Gasteiger partial charge in [-0.05, 0) is 30.3 Å². The summed E-state index contributed by atoms with van der Waals surface area (Å²) >= 11 is 7.92. The number of furan rings is 1. The van der Waals surface area contributed by atoms with Crippen molar-refractivity contribution in [1.82, 2.24) is 9.78 Å². The fraction of sp³-hybridized carbons (Fsp3) is 0.100. The molecule has 5 nitrogen and oxygen atoms in total. The predicted octanol–water partition coefficient (Wildman–Crippen LogP) is 5.27. The molecule has 0 saturated heterocycles. The van der Waals surface area contributed by atoms with Crippen molar-refractivity contribution in [3.63, 3.8) is 0 Å². The Morgan fingerprint density at radius 3 is 2.89 bits per heavy atom. The Kier molecular flexibility index (Phi) is 3.95. The van der Waals surface area contributed by atoms with Crippen LogP contribution in [0.4, 0.5) is 5.82 Å². The fourth-order valence-corrected chi connectivity index (χ4v) is 4.42. The first-order valence-electron chi connectivity index (χ1n) is 8.43. The van der Waals surface area contributed by atoms with Crippen LogP contribution in [0.2, 0.25) is 5.02 Å². The molecule has 0 bridgehead atoms. The SMILES string of the molecule is O=C(Nc1c2c(nn1-c1cccc(Cl)c1)CSC2)c1cc2ccccc2o1. The number of carbonyl (C=O) groups excluding carboxylic acids is 1. The Morgan fingerprint density at radius 2 is 2.04 bits per heavy atom. The second kappa shape index (κ2) is 6.48. The van der Waals surface area contributed by atoms with Gasteiger partial charge in [-0.3, -0.25) is 4.79 Å². The Balaban J connectivity index is 1.55. The molecule has 27 heavy (non-hydrogen) atoms. The summed E-state index contributed by atoms with van der Waals surface area (Å²) in [5, 5.41) is 9.19. The van der Waals surface area contributed by atoms with E-state index in [0.717, 1.165) is 33.8 Å². The van der Waals surface area contributed by atoms with Crippen LogP contribution in [0, 0.1) is 0 Å². The van der Waals surface area contributed by atoms with Crippen molar-refractivity contribution in [3.8, 4) is 5.69 Å². The smallest absolute Gasteiger partial charge is 0.292 e. The average molecular weight is 396 g/mol. The summed E-state index contributed by atoms with van der Waals surface area (Å²) < 4.78 is 7.44. The number of halogens is 1. The van der Waals surface area contributed by atoms with Gasteiger partial charge in [-0.2, -0.15) is 16.9 Å². The Hall–Kier alpha value is -2.70. The second-order valence-corrected chi connectivity index (χ2v) is 7.68. The van der Waals surface area contributed by atoms with Crippen molar-refractivity contribution >= 4 is 46.1 Å². The molecule has 0 saturated carbocycles. The molecule has 2 aromatic carbocycles. The minimum Gasteiger partial charge on any atom is -0.451 e. The molecule has 0 unspecified atom stereocenters. The van der Waals surface area contributed by atoms with Gasteiger partial charge in [0.2, 0.25) is 0 Å². The topological polar surface area (TPSA) is 60.1 Å². The summed E-state index contributed by atoms with van der Waals surface area (Å²) in [6, 6.07) is 16.7. The quantitative estimate of drug-likeness (QED) is 0.513. The van der Waals surface area contributed by atoms with Gasteiger partial charge >= 0.3 is 0 Å². The second-order valence-electron chi connectivity index (χ2n) is 6.26. The summed E-state index contributed by atoms with van der Waals surface area (Å²) in [5.74, 6) is 2.29. The maximum absolute atomic E-state index is 12.9. The lowest BCUT2D eigenvalue weighted by Gasteiger charge is -2.10. The van der Waals surface area contributed by atoms with E-state index in [1.54, 1.807) is 22.5 Å². The molecule has 3 heterocycles. The van der Waals surface area contributed by atoms with Crippen molar-refractivity contribution in [3.05, 3.63) is 76.6 Å². The van der Waals surface area contributed by atoms with Gasteiger partial charge in [0, 0.05) is 27.5 Å². The van der Waals surface area contributed by atoms with Crippen LogP contribution in [0.1, 0.15) is 21.8 Å². The first-order valence-corrected chi connectivity index (χ1v) is 9.97. The lowest BCUT2D eigenvalue weighted by molar-refractivity contribution is 0.0998. The van der Waals surface area contributed by atoms with Crippen LogP contribution in [0.3, 0.4) is 0 Å². The molecule has 5 rings (SSSR count). The van der Waals surface area contributed by atoms with Gasteiger partial charge in [0.25, 0.3) is 5.91 Å². The largest absolute Gasteiger partial charge is 0.451 e. The van der Waals surface area contributed by atoms with E-state index in [1.807, 2.05) is 48.5 Å². The summed E-state index contributed by atoms with van der Waals surface area (Å²) in [4.78, 5) is 12.9. The molecular weight excluding hydrogens is 382 g/mol. The highest BCUT2D eigenvalue weighted by Crippen LogP contribution is 2.36. The molecule has 0 aliphatic carbocycles. The maximum atomic E-state index is 12.9. The monoisotopic (exact) mass is 395 g/mol. The number of anilines is 1. The number of hydrogen-bond acceptors (Lipinski definition) is 4. The van der Waals surface area contributed by atoms with Crippen LogP contribution in [-0.4, -0.2) is 15.7 Å². The zero-order chi connectivity index (χ0) is 18.4. The van der Waals surface area contributed by atoms with Gasteiger partial charge in [0.1, 0.15) is 11.4 Å². The molecular formula is C20H14ClN3O2S. The van der Waals surface area contributed by atoms with E-state index in [0.29, 0.717) is 16.4 Å². The Bertz CT molecular complexity index is 1150. The number of nitrogens with zero attached hydrogens (tertiary/aromatic N) is 2. The van der Waals surface area contributed by atoms with Crippen LogP contribution in [0.5, 0.6) is 0 Å². The lowest BCUT2D eigenvalue weighted by atomic mass is 10.2. The molecule has 0 atom stereocenters. The van der Waals surface area contributed by atoms with Crippen LogP contribution in [0.15, 0.2) is 59.0 Å². The molecule has 134 valence electrons. The third-order valence-corrected chi connectivity index (χ3v) is 5.69. The van der Waals surface area contributed by atoms with Crippen molar-refractivity contribution in [2.24, 2.45) is 0 Å². The van der Waals surface area contributed by atoms with E-state index >= 15 is 0 Å². The first-order chi connectivity index (χ1) is 13.2. The van der Waals surface area contributed by atoms with E-state index in [4.69, 9.17) is 16.0 Å². The third-order valence-electron chi connectivity index (χ3n) is 4.49. The third kappa shape index (κ3) is 2.91.